The maximum Gasteiger partial charge on any atom is 0.234 e. The molecule has 2 aliphatic heterocycles. The Kier molecular flexibility index (Phi) is 3.40. The van der Waals surface area contributed by atoms with E-state index in [1.165, 1.54) is 12.8 Å². The predicted octanol–water partition coefficient (Wildman–Crippen LogP) is 3.83. The van der Waals surface area contributed by atoms with Crippen LogP contribution in [0.2, 0.25) is 0 Å². The molecule has 4 nitrogen and oxygen atoms in total. The van der Waals surface area contributed by atoms with Crippen molar-refractivity contribution in [3.05, 3.63) is 29.8 Å². The SMILES string of the molecule is CCCCC=CC1Nc2cc3c(cc2N1)C(C)(C)C(=O)N3. The molecule has 112 valence electrons. The molecule has 3 rings (SSSR count). The first-order valence-electron chi connectivity index (χ1n) is 7.72. The third-order valence-electron chi connectivity index (χ3n) is 4.32. The fraction of sp³-hybridized carbons (Fsp3) is 0.471. The molecule has 1 amide bonds. The summed E-state index contributed by atoms with van der Waals surface area (Å²) >= 11 is 0. The van der Waals surface area contributed by atoms with Crippen LogP contribution in [0.3, 0.4) is 0 Å². The molecule has 0 radical (unpaired) electrons. The summed E-state index contributed by atoms with van der Waals surface area (Å²) in [6, 6.07) is 4.12. The van der Waals surface area contributed by atoms with Crippen molar-refractivity contribution in [1.82, 2.24) is 0 Å². The predicted molar refractivity (Wildman–Crippen MR) is 87.8 cm³/mol. The van der Waals surface area contributed by atoms with Gasteiger partial charge in [-0.25, -0.2) is 0 Å². The average Bonchev–Trinajstić information content (AvgIpc) is 2.92. The Labute approximate surface area is 126 Å². The largest absolute Gasteiger partial charge is 0.360 e. The highest BCUT2D eigenvalue weighted by molar-refractivity contribution is 6.07. The van der Waals surface area contributed by atoms with Gasteiger partial charge in [0.1, 0.15) is 6.17 Å². The van der Waals surface area contributed by atoms with Crippen molar-refractivity contribution in [1.29, 1.82) is 0 Å². The Hall–Kier alpha value is -1.97. The van der Waals surface area contributed by atoms with E-state index in [0.29, 0.717) is 0 Å². The second-order valence-corrected chi connectivity index (χ2v) is 6.36. The number of rotatable bonds is 4. The summed E-state index contributed by atoms with van der Waals surface area (Å²) in [5.74, 6) is 0.0668. The van der Waals surface area contributed by atoms with Crippen LogP contribution in [0, 0.1) is 0 Å². The van der Waals surface area contributed by atoms with Gasteiger partial charge in [-0.05, 0) is 44.0 Å². The first-order chi connectivity index (χ1) is 10.0. The Morgan fingerprint density at radius 1 is 1.19 bits per heavy atom. The van der Waals surface area contributed by atoms with E-state index in [9.17, 15) is 4.79 Å². The number of anilines is 3. The Morgan fingerprint density at radius 3 is 2.62 bits per heavy atom. The third kappa shape index (κ3) is 2.39. The number of hydrogen-bond donors (Lipinski definition) is 3. The minimum atomic E-state index is -0.457. The summed E-state index contributed by atoms with van der Waals surface area (Å²) in [6.45, 7) is 6.13. The Bertz CT molecular complexity index is 604. The number of carbonyl (C=O) groups excluding carboxylic acids is 1. The van der Waals surface area contributed by atoms with Gasteiger partial charge in [0.15, 0.2) is 0 Å². The molecule has 1 unspecified atom stereocenters. The van der Waals surface area contributed by atoms with E-state index in [2.05, 4.69) is 41.1 Å². The van der Waals surface area contributed by atoms with Crippen molar-refractivity contribution < 1.29 is 4.79 Å². The number of hydrogen-bond acceptors (Lipinski definition) is 3. The van der Waals surface area contributed by atoms with Crippen LogP contribution in [0.1, 0.15) is 45.6 Å². The third-order valence-corrected chi connectivity index (χ3v) is 4.32. The van der Waals surface area contributed by atoms with E-state index >= 15 is 0 Å². The molecule has 0 saturated carbocycles. The number of fused-ring (bicyclic) bond motifs is 2. The standard InChI is InChI=1S/C17H23N3O/c1-4-5-6-7-8-15-18-13-9-11-12(10-14(13)19-15)20-16(21)17(11,2)3/h7-10,15,18-19H,4-6H2,1-3H3,(H,20,21). The minimum absolute atomic E-state index is 0.0668. The van der Waals surface area contributed by atoms with Gasteiger partial charge in [0.05, 0.1) is 16.8 Å². The smallest absolute Gasteiger partial charge is 0.234 e. The van der Waals surface area contributed by atoms with E-state index in [1.807, 2.05) is 19.9 Å². The van der Waals surface area contributed by atoms with E-state index in [4.69, 9.17) is 0 Å². The second-order valence-electron chi connectivity index (χ2n) is 6.36. The number of benzene rings is 1. The minimum Gasteiger partial charge on any atom is -0.360 e. The van der Waals surface area contributed by atoms with Gasteiger partial charge in [0.2, 0.25) is 5.91 Å². The van der Waals surface area contributed by atoms with Crippen LogP contribution in [0.5, 0.6) is 0 Å². The van der Waals surface area contributed by atoms with Crippen molar-refractivity contribution in [2.24, 2.45) is 0 Å². The van der Waals surface area contributed by atoms with Gasteiger partial charge >= 0.3 is 0 Å². The normalized spacial score (nSPS) is 21.7. The van der Waals surface area contributed by atoms with Gasteiger partial charge in [-0.15, -0.1) is 0 Å². The maximum absolute atomic E-state index is 12.0. The second kappa shape index (κ2) is 5.10. The lowest BCUT2D eigenvalue weighted by atomic mass is 9.86. The quantitative estimate of drug-likeness (QED) is 0.582. The molecule has 4 heteroatoms. The van der Waals surface area contributed by atoms with Gasteiger partial charge in [-0.2, -0.15) is 0 Å². The highest BCUT2D eigenvalue weighted by Crippen LogP contribution is 2.43. The summed E-state index contributed by atoms with van der Waals surface area (Å²) < 4.78 is 0. The lowest BCUT2D eigenvalue weighted by molar-refractivity contribution is -0.119. The van der Waals surface area contributed by atoms with Gasteiger partial charge in [0.25, 0.3) is 0 Å². The molecule has 21 heavy (non-hydrogen) atoms. The topological polar surface area (TPSA) is 53.2 Å². The summed E-state index contributed by atoms with van der Waals surface area (Å²) in [7, 11) is 0. The molecule has 2 aliphatic rings. The summed E-state index contributed by atoms with van der Waals surface area (Å²) in [4.78, 5) is 12.0. The highest BCUT2D eigenvalue weighted by Gasteiger charge is 2.39. The molecule has 0 aromatic heterocycles. The number of carbonyl (C=O) groups is 1. The zero-order valence-electron chi connectivity index (χ0n) is 12.9. The van der Waals surface area contributed by atoms with Crippen molar-refractivity contribution in [2.45, 2.75) is 51.6 Å². The number of unbranched alkanes of at least 4 members (excludes halogenated alkanes) is 2. The fourth-order valence-corrected chi connectivity index (χ4v) is 2.88. The van der Waals surface area contributed by atoms with Crippen LogP contribution < -0.4 is 16.0 Å². The van der Waals surface area contributed by atoms with Crippen molar-refractivity contribution in [3.63, 3.8) is 0 Å². The van der Waals surface area contributed by atoms with Crippen molar-refractivity contribution >= 4 is 23.0 Å². The van der Waals surface area contributed by atoms with E-state index in [0.717, 1.165) is 29.0 Å². The highest BCUT2D eigenvalue weighted by atomic mass is 16.2. The van der Waals surface area contributed by atoms with E-state index < -0.39 is 5.41 Å². The molecule has 3 N–H and O–H groups in total. The van der Waals surface area contributed by atoms with Crippen LogP contribution in [-0.4, -0.2) is 12.1 Å². The van der Waals surface area contributed by atoms with Gasteiger partial charge in [0, 0.05) is 5.69 Å². The molecule has 0 fully saturated rings. The lowest BCUT2D eigenvalue weighted by Gasteiger charge is -2.15. The zero-order valence-corrected chi connectivity index (χ0v) is 12.9. The Balaban J connectivity index is 1.78. The molecule has 1 aromatic carbocycles. The first-order valence-corrected chi connectivity index (χ1v) is 7.72. The molecule has 1 atom stereocenters. The van der Waals surface area contributed by atoms with E-state index in [-0.39, 0.29) is 12.1 Å². The van der Waals surface area contributed by atoms with Crippen LogP contribution in [0.15, 0.2) is 24.3 Å². The summed E-state index contributed by atoms with van der Waals surface area (Å²) in [5.41, 5.74) is 3.66. The van der Waals surface area contributed by atoms with E-state index in [1.54, 1.807) is 0 Å². The van der Waals surface area contributed by atoms with Crippen molar-refractivity contribution in [3.8, 4) is 0 Å². The van der Waals surface area contributed by atoms with Gasteiger partial charge in [-0.3, -0.25) is 4.79 Å². The molecule has 0 saturated heterocycles. The molecule has 0 bridgehead atoms. The van der Waals surface area contributed by atoms with Crippen LogP contribution in [0.4, 0.5) is 17.1 Å². The maximum atomic E-state index is 12.0. The summed E-state index contributed by atoms with van der Waals surface area (Å²) in [6.07, 6.45) is 8.09. The van der Waals surface area contributed by atoms with Crippen LogP contribution >= 0.6 is 0 Å². The van der Waals surface area contributed by atoms with Crippen molar-refractivity contribution in [2.75, 3.05) is 16.0 Å². The molecule has 2 heterocycles. The zero-order chi connectivity index (χ0) is 15.0. The number of nitrogens with one attached hydrogen (secondary N) is 3. The Morgan fingerprint density at radius 2 is 1.90 bits per heavy atom. The average molecular weight is 285 g/mol. The molecule has 0 spiro atoms. The molecular weight excluding hydrogens is 262 g/mol. The van der Waals surface area contributed by atoms with Crippen LogP contribution in [0.25, 0.3) is 0 Å². The molecular formula is C17H23N3O. The van der Waals surface area contributed by atoms with Gasteiger partial charge in [-0.1, -0.05) is 25.8 Å². The fourth-order valence-electron chi connectivity index (χ4n) is 2.88. The first kappa shape index (κ1) is 14.0. The summed E-state index contributed by atoms with van der Waals surface area (Å²) in [5, 5.41) is 9.86. The number of allylic oxidation sites excluding steroid dienone is 1. The van der Waals surface area contributed by atoms with Gasteiger partial charge < -0.3 is 16.0 Å². The molecule has 0 aliphatic carbocycles. The molecule has 1 aromatic rings. The van der Waals surface area contributed by atoms with Crippen LogP contribution in [-0.2, 0) is 10.2 Å². The monoisotopic (exact) mass is 285 g/mol. The number of amides is 1. The lowest BCUT2D eigenvalue weighted by Crippen LogP contribution is -2.26.